The predicted octanol–water partition coefficient (Wildman–Crippen LogP) is 5.65. The topological polar surface area (TPSA) is 56.3 Å². The molecule has 156 valence electrons. The lowest BCUT2D eigenvalue weighted by Gasteiger charge is -2.20. The molecule has 1 aromatic carbocycles. The monoisotopic (exact) mass is 395 g/mol. The van der Waals surface area contributed by atoms with E-state index >= 15 is 0 Å². The molecule has 0 aliphatic heterocycles. The van der Waals surface area contributed by atoms with Gasteiger partial charge >= 0.3 is 5.97 Å². The number of carbonyl (C=O) groups is 2. The summed E-state index contributed by atoms with van der Waals surface area (Å²) in [5, 5.41) is 0. The van der Waals surface area contributed by atoms with Crippen molar-refractivity contribution in [3.8, 4) is 11.1 Å². The number of ether oxygens (including phenoxy) is 1. The summed E-state index contributed by atoms with van der Waals surface area (Å²) < 4.78 is 4.89. The van der Waals surface area contributed by atoms with Gasteiger partial charge < -0.3 is 4.74 Å². The second-order valence-corrected chi connectivity index (χ2v) is 8.45. The molecule has 0 aliphatic rings. The van der Waals surface area contributed by atoms with Crippen molar-refractivity contribution in [3.05, 3.63) is 53.3 Å². The van der Waals surface area contributed by atoms with Crippen LogP contribution >= 0.6 is 0 Å². The Kier molecular flexibility index (Phi) is 8.12. The molecular weight excluding hydrogens is 362 g/mol. The molecule has 0 saturated carbocycles. The van der Waals surface area contributed by atoms with Crippen molar-refractivity contribution in [2.75, 3.05) is 7.11 Å². The van der Waals surface area contributed by atoms with E-state index in [1.165, 1.54) is 18.2 Å². The van der Waals surface area contributed by atoms with Crippen LogP contribution < -0.4 is 0 Å². The Hall–Kier alpha value is -2.49. The van der Waals surface area contributed by atoms with Crippen LogP contribution in [0, 0.1) is 25.7 Å². The van der Waals surface area contributed by atoms with Gasteiger partial charge in [-0.05, 0) is 54.5 Å². The number of hydrogen-bond donors (Lipinski definition) is 0. The molecule has 2 atom stereocenters. The third-order valence-corrected chi connectivity index (χ3v) is 5.46. The molecule has 0 bridgehead atoms. The Morgan fingerprint density at radius 2 is 1.69 bits per heavy atom. The van der Waals surface area contributed by atoms with Gasteiger partial charge in [0, 0.05) is 36.2 Å². The van der Waals surface area contributed by atoms with E-state index in [-0.39, 0.29) is 30.0 Å². The molecular formula is C25H33NO3. The molecule has 0 saturated heterocycles. The molecule has 1 unspecified atom stereocenters. The van der Waals surface area contributed by atoms with Gasteiger partial charge in [0.1, 0.15) is 5.78 Å². The first kappa shape index (κ1) is 22.8. The van der Waals surface area contributed by atoms with Crippen LogP contribution in [0.2, 0.25) is 0 Å². The average Bonchev–Trinajstić information content (AvgIpc) is 2.66. The van der Waals surface area contributed by atoms with E-state index in [0.29, 0.717) is 12.3 Å². The first-order chi connectivity index (χ1) is 13.7. The number of methoxy groups -OCH3 is 1. The van der Waals surface area contributed by atoms with Gasteiger partial charge in [-0.15, -0.1) is 0 Å². The summed E-state index contributed by atoms with van der Waals surface area (Å²) in [6, 6.07) is 8.27. The smallest absolute Gasteiger partial charge is 0.306 e. The van der Waals surface area contributed by atoms with Gasteiger partial charge in [0.15, 0.2) is 0 Å². The van der Waals surface area contributed by atoms with E-state index in [0.717, 1.165) is 23.1 Å². The fourth-order valence-electron chi connectivity index (χ4n) is 3.96. The van der Waals surface area contributed by atoms with Crippen molar-refractivity contribution in [1.82, 2.24) is 4.98 Å². The van der Waals surface area contributed by atoms with Gasteiger partial charge in [0.25, 0.3) is 0 Å². The number of esters is 1. The van der Waals surface area contributed by atoms with E-state index in [1.807, 2.05) is 19.2 Å². The Bertz CT molecular complexity index is 837. The lowest BCUT2D eigenvalue weighted by Crippen LogP contribution is -2.19. The quantitative estimate of drug-likeness (QED) is 0.515. The molecule has 29 heavy (non-hydrogen) atoms. The van der Waals surface area contributed by atoms with E-state index in [4.69, 9.17) is 4.74 Å². The standard InChI is InChI=1S/C25H33NO3/c1-16(2)10-19(5)23(27)12-20(13-24(28)29-6)21-11-22(15-26-14-21)25-17(3)8-7-9-18(25)4/h7-9,11,14-16,19-20H,10,12-13H2,1-6H3/t19-,20?/m1/s1. The number of hydrogen-bond acceptors (Lipinski definition) is 4. The molecule has 1 aromatic heterocycles. The van der Waals surface area contributed by atoms with E-state index < -0.39 is 0 Å². The number of benzene rings is 1. The minimum atomic E-state index is -0.309. The van der Waals surface area contributed by atoms with Gasteiger partial charge in [0.05, 0.1) is 13.5 Å². The number of aryl methyl sites for hydroxylation is 2. The van der Waals surface area contributed by atoms with Crippen molar-refractivity contribution in [1.29, 1.82) is 0 Å². The number of carbonyl (C=O) groups excluding carboxylic acids is 2. The van der Waals surface area contributed by atoms with Gasteiger partial charge in [-0.1, -0.05) is 39.0 Å². The van der Waals surface area contributed by atoms with Crippen molar-refractivity contribution in [2.24, 2.45) is 11.8 Å². The van der Waals surface area contributed by atoms with E-state index in [2.05, 4.69) is 50.9 Å². The highest BCUT2D eigenvalue weighted by atomic mass is 16.5. The van der Waals surface area contributed by atoms with E-state index in [9.17, 15) is 9.59 Å². The first-order valence-electron chi connectivity index (χ1n) is 10.3. The molecule has 0 amide bonds. The van der Waals surface area contributed by atoms with Crippen LogP contribution in [0.3, 0.4) is 0 Å². The second-order valence-electron chi connectivity index (χ2n) is 8.45. The van der Waals surface area contributed by atoms with Crippen molar-refractivity contribution < 1.29 is 14.3 Å². The molecule has 0 fully saturated rings. The van der Waals surface area contributed by atoms with Crippen LogP contribution in [-0.2, 0) is 14.3 Å². The molecule has 0 spiro atoms. The highest BCUT2D eigenvalue weighted by Crippen LogP contribution is 2.32. The Balaban J connectivity index is 2.36. The zero-order chi connectivity index (χ0) is 21.6. The zero-order valence-electron chi connectivity index (χ0n) is 18.5. The van der Waals surface area contributed by atoms with Gasteiger partial charge in [0.2, 0.25) is 0 Å². The largest absolute Gasteiger partial charge is 0.469 e. The van der Waals surface area contributed by atoms with Crippen LogP contribution in [0.1, 0.15) is 62.6 Å². The third kappa shape index (κ3) is 6.25. The summed E-state index contributed by atoms with van der Waals surface area (Å²) in [6.07, 6.45) is 4.96. The Morgan fingerprint density at radius 3 is 2.28 bits per heavy atom. The maximum atomic E-state index is 12.8. The van der Waals surface area contributed by atoms with Crippen LogP contribution in [-0.4, -0.2) is 23.8 Å². The molecule has 2 rings (SSSR count). The maximum absolute atomic E-state index is 12.8. The van der Waals surface area contributed by atoms with Crippen LogP contribution in [0.4, 0.5) is 0 Å². The average molecular weight is 396 g/mol. The highest BCUT2D eigenvalue weighted by Gasteiger charge is 2.24. The second kappa shape index (κ2) is 10.3. The van der Waals surface area contributed by atoms with Crippen LogP contribution in [0.25, 0.3) is 11.1 Å². The van der Waals surface area contributed by atoms with Crippen LogP contribution in [0.15, 0.2) is 36.7 Å². The fraction of sp³-hybridized carbons (Fsp3) is 0.480. The van der Waals surface area contributed by atoms with Gasteiger partial charge in [-0.3, -0.25) is 14.6 Å². The number of rotatable bonds is 9. The molecule has 2 aromatic rings. The summed E-state index contributed by atoms with van der Waals surface area (Å²) in [7, 11) is 1.38. The van der Waals surface area contributed by atoms with Gasteiger partial charge in [-0.25, -0.2) is 0 Å². The SMILES string of the molecule is COC(=O)CC(CC(=O)[C@H](C)CC(C)C)c1cncc(-c2c(C)cccc2C)c1. The number of aromatic nitrogens is 1. The molecule has 1 heterocycles. The third-order valence-electron chi connectivity index (χ3n) is 5.46. The number of nitrogens with zero attached hydrogens (tertiary/aromatic N) is 1. The predicted molar refractivity (Wildman–Crippen MR) is 117 cm³/mol. The lowest BCUT2D eigenvalue weighted by molar-refractivity contribution is -0.141. The van der Waals surface area contributed by atoms with Crippen molar-refractivity contribution in [3.63, 3.8) is 0 Å². The van der Waals surface area contributed by atoms with E-state index in [1.54, 1.807) is 6.20 Å². The molecule has 0 aliphatic carbocycles. The minimum absolute atomic E-state index is 0.0232. The molecule has 4 nitrogen and oxygen atoms in total. The summed E-state index contributed by atoms with van der Waals surface area (Å²) in [5.74, 6) is 0.0788. The number of pyridine rings is 1. The number of ketones is 1. The van der Waals surface area contributed by atoms with Crippen molar-refractivity contribution >= 4 is 11.8 Å². The molecule has 0 radical (unpaired) electrons. The summed E-state index contributed by atoms with van der Waals surface area (Å²) in [4.78, 5) is 29.3. The first-order valence-corrected chi connectivity index (χ1v) is 10.3. The highest BCUT2D eigenvalue weighted by molar-refractivity contribution is 5.82. The van der Waals surface area contributed by atoms with Gasteiger partial charge in [-0.2, -0.15) is 0 Å². The molecule has 4 heteroatoms. The fourth-order valence-corrected chi connectivity index (χ4v) is 3.96. The van der Waals surface area contributed by atoms with Crippen molar-refractivity contribution in [2.45, 2.75) is 59.8 Å². The lowest BCUT2D eigenvalue weighted by atomic mass is 9.84. The Morgan fingerprint density at radius 1 is 1.03 bits per heavy atom. The summed E-state index contributed by atoms with van der Waals surface area (Å²) in [5.41, 5.74) is 5.42. The maximum Gasteiger partial charge on any atom is 0.306 e. The van der Waals surface area contributed by atoms with Crippen LogP contribution in [0.5, 0.6) is 0 Å². The molecule has 0 N–H and O–H groups in total. The summed E-state index contributed by atoms with van der Waals surface area (Å²) in [6.45, 7) is 10.4. The number of Topliss-reactive ketones (excluding diaryl/α,β-unsaturated/α-hetero) is 1. The Labute approximate surface area is 174 Å². The minimum Gasteiger partial charge on any atom is -0.469 e. The summed E-state index contributed by atoms with van der Waals surface area (Å²) >= 11 is 0. The zero-order valence-corrected chi connectivity index (χ0v) is 18.5. The normalized spacial score (nSPS) is 13.2.